The number of rotatable bonds is 5. The molecule has 0 unspecified atom stereocenters. The predicted molar refractivity (Wildman–Crippen MR) is 107 cm³/mol. The van der Waals surface area contributed by atoms with E-state index in [0.717, 1.165) is 28.3 Å². The Morgan fingerprint density at radius 2 is 2.04 bits per heavy atom. The molecule has 28 heavy (non-hydrogen) atoms. The van der Waals surface area contributed by atoms with Crippen LogP contribution < -0.4 is 14.4 Å². The lowest BCUT2D eigenvalue weighted by atomic mass is 10.1. The monoisotopic (exact) mass is 377 g/mol. The molecule has 0 N–H and O–H groups in total. The largest absolute Gasteiger partial charge is 0.496 e. The van der Waals surface area contributed by atoms with Gasteiger partial charge in [0, 0.05) is 23.5 Å². The molecule has 3 aromatic rings. The summed E-state index contributed by atoms with van der Waals surface area (Å²) in [6.07, 6.45) is 3.36. The van der Waals surface area contributed by atoms with Crippen molar-refractivity contribution in [3.05, 3.63) is 77.4 Å². The van der Waals surface area contributed by atoms with Crippen LogP contribution in [0.15, 0.2) is 59.7 Å². The van der Waals surface area contributed by atoms with E-state index < -0.39 is 0 Å². The molecule has 0 bridgehead atoms. The van der Waals surface area contributed by atoms with Crippen molar-refractivity contribution < 1.29 is 13.9 Å². The van der Waals surface area contributed by atoms with Gasteiger partial charge >= 0.3 is 0 Å². The quantitative estimate of drug-likeness (QED) is 0.641. The predicted octanol–water partition coefficient (Wildman–Crippen LogP) is 4.80. The maximum atomic E-state index is 13.8. The maximum Gasteiger partial charge on any atom is 0.148 e. The van der Waals surface area contributed by atoms with E-state index in [9.17, 15) is 4.39 Å². The van der Waals surface area contributed by atoms with Gasteiger partial charge in [-0.25, -0.2) is 9.38 Å². The molecule has 0 fully saturated rings. The molecule has 0 amide bonds. The van der Waals surface area contributed by atoms with E-state index in [1.165, 1.54) is 6.07 Å². The fraction of sp³-hybridized carbons (Fsp3) is 0.182. The molecule has 1 aromatic heterocycles. The van der Waals surface area contributed by atoms with Crippen molar-refractivity contribution in [2.24, 2.45) is 4.99 Å². The molecule has 1 aliphatic heterocycles. The summed E-state index contributed by atoms with van der Waals surface area (Å²) in [6, 6.07) is 14.6. The first-order chi connectivity index (χ1) is 13.7. The molecule has 0 saturated carbocycles. The van der Waals surface area contributed by atoms with Crippen molar-refractivity contribution in [3.8, 4) is 11.5 Å². The number of benzene rings is 2. The number of nitrogens with zero attached hydrogens (tertiary/aromatic N) is 3. The van der Waals surface area contributed by atoms with Crippen molar-refractivity contribution >= 4 is 17.7 Å². The molecule has 142 valence electrons. The lowest BCUT2D eigenvalue weighted by Gasteiger charge is -2.27. The number of aliphatic imine (C=N–C) groups is 1. The number of aryl methyl sites for hydroxylation is 1. The minimum atomic E-state index is -0.373. The number of halogens is 1. The zero-order valence-corrected chi connectivity index (χ0v) is 15.7. The Morgan fingerprint density at radius 3 is 2.86 bits per heavy atom. The third-order valence-electron chi connectivity index (χ3n) is 4.69. The van der Waals surface area contributed by atoms with Gasteiger partial charge in [0.25, 0.3) is 0 Å². The van der Waals surface area contributed by atoms with Crippen molar-refractivity contribution in [2.45, 2.75) is 20.1 Å². The Hall–Kier alpha value is -3.41. The SMILES string of the molecule is COc1cccc2c1CN(c1cc(OCc3ncccc3F)ccc1C)C=N2. The molecular weight excluding hydrogens is 357 g/mol. The lowest BCUT2D eigenvalue weighted by Crippen LogP contribution is -2.24. The third-order valence-corrected chi connectivity index (χ3v) is 4.69. The van der Waals surface area contributed by atoms with Crippen LogP contribution in [0.5, 0.6) is 11.5 Å². The van der Waals surface area contributed by atoms with Crippen LogP contribution in [0.3, 0.4) is 0 Å². The summed E-state index contributed by atoms with van der Waals surface area (Å²) in [4.78, 5) is 10.6. The maximum absolute atomic E-state index is 13.8. The van der Waals surface area contributed by atoms with Gasteiger partial charge in [0.1, 0.15) is 29.6 Å². The molecule has 2 heterocycles. The molecule has 0 saturated heterocycles. The topological polar surface area (TPSA) is 47.0 Å². The van der Waals surface area contributed by atoms with E-state index in [-0.39, 0.29) is 18.1 Å². The zero-order chi connectivity index (χ0) is 19.5. The highest BCUT2D eigenvalue weighted by Gasteiger charge is 2.19. The number of hydrogen-bond donors (Lipinski definition) is 0. The van der Waals surface area contributed by atoms with E-state index in [2.05, 4.69) is 9.98 Å². The highest BCUT2D eigenvalue weighted by molar-refractivity contribution is 5.86. The fourth-order valence-corrected chi connectivity index (χ4v) is 3.18. The zero-order valence-electron chi connectivity index (χ0n) is 15.7. The second-order valence-electron chi connectivity index (χ2n) is 6.50. The van der Waals surface area contributed by atoms with Crippen LogP contribution in [0.4, 0.5) is 15.8 Å². The fourth-order valence-electron chi connectivity index (χ4n) is 3.18. The van der Waals surface area contributed by atoms with Crippen molar-refractivity contribution in [2.75, 3.05) is 12.0 Å². The van der Waals surface area contributed by atoms with Crippen molar-refractivity contribution in [3.63, 3.8) is 0 Å². The van der Waals surface area contributed by atoms with E-state index in [1.54, 1.807) is 19.4 Å². The number of fused-ring (bicyclic) bond motifs is 1. The van der Waals surface area contributed by atoms with Gasteiger partial charge in [0.2, 0.25) is 0 Å². The van der Waals surface area contributed by atoms with Crippen LogP contribution in [0.25, 0.3) is 0 Å². The molecule has 0 radical (unpaired) electrons. The highest BCUT2D eigenvalue weighted by Crippen LogP contribution is 2.35. The first-order valence-electron chi connectivity index (χ1n) is 8.95. The standard InChI is InChI=1S/C22H20FN3O2/c1-15-8-9-16(28-13-20-18(23)5-4-10-24-20)11-21(15)26-12-17-19(25-14-26)6-3-7-22(17)27-2/h3-11,14H,12-13H2,1-2H3. The van der Waals surface area contributed by atoms with E-state index >= 15 is 0 Å². The third kappa shape index (κ3) is 3.53. The molecule has 4 rings (SSSR count). The van der Waals surface area contributed by atoms with Gasteiger partial charge in [0.05, 0.1) is 25.7 Å². The second-order valence-corrected chi connectivity index (χ2v) is 6.50. The van der Waals surface area contributed by atoms with Gasteiger partial charge in [-0.05, 0) is 42.8 Å². The average molecular weight is 377 g/mol. The number of methoxy groups -OCH3 is 1. The van der Waals surface area contributed by atoms with Crippen molar-refractivity contribution in [1.82, 2.24) is 4.98 Å². The summed E-state index contributed by atoms with van der Waals surface area (Å²) in [5.74, 6) is 1.08. The highest BCUT2D eigenvalue weighted by atomic mass is 19.1. The van der Waals surface area contributed by atoms with Gasteiger partial charge in [-0.3, -0.25) is 4.98 Å². The molecule has 0 atom stereocenters. The molecule has 0 spiro atoms. The van der Waals surface area contributed by atoms with E-state index in [4.69, 9.17) is 9.47 Å². The smallest absolute Gasteiger partial charge is 0.148 e. The Bertz CT molecular complexity index is 1040. The van der Waals surface area contributed by atoms with Crippen molar-refractivity contribution in [1.29, 1.82) is 0 Å². The Morgan fingerprint density at radius 1 is 1.14 bits per heavy atom. The number of hydrogen-bond acceptors (Lipinski definition) is 5. The molecule has 5 nitrogen and oxygen atoms in total. The minimum absolute atomic E-state index is 0.0694. The number of pyridine rings is 1. The minimum Gasteiger partial charge on any atom is -0.496 e. The van der Waals surface area contributed by atoms with Crippen LogP contribution in [0, 0.1) is 12.7 Å². The van der Waals surface area contributed by atoms with Crippen LogP contribution in [-0.2, 0) is 13.2 Å². The van der Waals surface area contributed by atoms with Gasteiger partial charge in [0.15, 0.2) is 0 Å². The van der Waals surface area contributed by atoms with Crippen LogP contribution in [0.2, 0.25) is 0 Å². The Kier molecular flexibility index (Phi) is 4.93. The number of aromatic nitrogens is 1. The number of ether oxygens (including phenoxy) is 2. The number of anilines is 1. The molecule has 0 aliphatic carbocycles. The van der Waals surface area contributed by atoms with Gasteiger partial charge in [-0.15, -0.1) is 0 Å². The van der Waals surface area contributed by atoms with E-state index in [0.29, 0.717) is 12.3 Å². The second kappa shape index (κ2) is 7.68. The first-order valence-corrected chi connectivity index (χ1v) is 8.95. The van der Waals surface area contributed by atoms with Crippen LogP contribution in [0.1, 0.15) is 16.8 Å². The summed E-state index contributed by atoms with van der Waals surface area (Å²) in [5, 5.41) is 0. The summed E-state index contributed by atoms with van der Waals surface area (Å²) < 4.78 is 25.0. The lowest BCUT2D eigenvalue weighted by molar-refractivity contribution is 0.294. The normalized spacial score (nSPS) is 12.6. The van der Waals surface area contributed by atoms with Crippen LogP contribution >= 0.6 is 0 Å². The summed E-state index contributed by atoms with van der Waals surface area (Å²) in [7, 11) is 1.66. The Labute approximate surface area is 163 Å². The van der Waals surface area contributed by atoms with Gasteiger partial charge < -0.3 is 14.4 Å². The molecular formula is C22H20FN3O2. The first kappa shape index (κ1) is 18.0. The van der Waals surface area contributed by atoms with Gasteiger partial charge in [-0.2, -0.15) is 0 Å². The molecule has 1 aliphatic rings. The summed E-state index contributed by atoms with van der Waals surface area (Å²) >= 11 is 0. The van der Waals surface area contributed by atoms with Gasteiger partial charge in [-0.1, -0.05) is 12.1 Å². The van der Waals surface area contributed by atoms with E-state index in [1.807, 2.05) is 54.6 Å². The molecule has 2 aromatic carbocycles. The summed E-state index contributed by atoms with van der Waals surface area (Å²) in [6.45, 7) is 2.74. The Balaban J connectivity index is 1.57. The summed E-state index contributed by atoms with van der Waals surface area (Å²) in [5.41, 5.74) is 4.28. The van der Waals surface area contributed by atoms with Crippen LogP contribution in [-0.4, -0.2) is 18.4 Å². The average Bonchev–Trinajstić information content (AvgIpc) is 2.73. The molecule has 6 heteroatoms.